The molecule has 1 heterocycles. The molecule has 0 aliphatic rings. The lowest BCUT2D eigenvalue weighted by molar-refractivity contribution is 0.144. The molecule has 7 heteroatoms. The average Bonchev–Trinajstić information content (AvgIpc) is 2.70. The van der Waals surface area contributed by atoms with Crippen molar-refractivity contribution in [3.63, 3.8) is 0 Å². The maximum atomic E-state index is 12.3. The van der Waals surface area contributed by atoms with Gasteiger partial charge in [0.2, 0.25) is 5.88 Å². The van der Waals surface area contributed by atoms with Crippen molar-refractivity contribution in [2.75, 3.05) is 46.3 Å². The Morgan fingerprint density at radius 2 is 1.89 bits per heavy atom. The van der Waals surface area contributed by atoms with E-state index in [1.165, 1.54) is 11.1 Å². The van der Waals surface area contributed by atoms with E-state index in [0.717, 1.165) is 6.42 Å². The third kappa shape index (κ3) is 6.83. The van der Waals surface area contributed by atoms with Crippen LogP contribution in [0.25, 0.3) is 0 Å². The molecule has 0 aliphatic heterocycles. The topological polar surface area (TPSA) is 75.7 Å². The number of rotatable bonds is 10. The number of likely N-dealkylation sites (N-methyl/N-ethyl adjacent to an activating group) is 1. The molecule has 0 bridgehead atoms. The first-order valence-corrected chi connectivity index (χ1v) is 9.41. The van der Waals surface area contributed by atoms with Crippen LogP contribution in [0.5, 0.6) is 5.88 Å². The Hall–Kier alpha value is -2.64. The van der Waals surface area contributed by atoms with E-state index >= 15 is 0 Å². The summed E-state index contributed by atoms with van der Waals surface area (Å²) in [5.74, 6) is 0.492. The Morgan fingerprint density at radius 1 is 1.14 bits per heavy atom. The van der Waals surface area contributed by atoms with Crippen molar-refractivity contribution in [2.45, 2.75) is 19.4 Å². The van der Waals surface area contributed by atoms with E-state index in [1.807, 2.05) is 14.1 Å². The maximum absolute atomic E-state index is 12.3. The van der Waals surface area contributed by atoms with Crippen molar-refractivity contribution >= 4 is 11.7 Å². The molecular weight excluding hydrogens is 356 g/mol. The summed E-state index contributed by atoms with van der Waals surface area (Å²) in [6, 6.07) is 11.8. The van der Waals surface area contributed by atoms with Crippen LogP contribution >= 0.6 is 0 Å². The summed E-state index contributed by atoms with van der Waals surface area (Å²) in [6.07, 6.45) is 2.58. The van der Waals surface area contributed by atoms with Gasteiger partial charge < -0.3 is 25.0 Å². The van der Waals surface area contributed by atoms with Crippen LogP contribution in [0.15, 0.2) is 42.6 Å². The molecule has 0 saturated carbocycles. The van der Waals surface area contributed by atoms with Gasteiger partial charge in [-0.2, -0.15) is 0 Å². The summed E-state index contributed by atoms with van der Waals surface area (Å²) >= 11 is 0. The summed E-state index contributed by atoms with van der Waals surface area (Å²) in [4.78, 5) is 18.5. The fourth-order valence-electron chi connectivity index (χ4n) is 2.71. The third-order valence-corrected chi connectivity index (χ3v) is 4.38. The molecule has 2 rings (SSSR count). The summed E-state index contributed by atoms with van der Waals surface area (Å²) in [7, 11) is 5.62. The lowest BCUT2D eigenvalue weighted by Crippen LogP contribution is -2.36. The highest BCUT2D eigenvalue weighted by atomic mass is 16.5. The number of nitrogens with one attached hydrogen (secondary N) is 2. The molecule has 1 atom stereocenters. The Labute approximate surface area is 167 Å². The van der Waals surface area contributed by atoms with Crippen LogP contribution < -0.4 is 15.4 Å². The van der Waals surface area contributed by atoms with Crippen LogP contribution in [0.4, 0.5) is 10.5 Å². The van der Waals surface area contributed by atoms with Gasteiger partial charge in [-0.3, -0.25) is 0 Å². The predicted molar refractivity (Wildman–Crippen MR) is 111 cm³/mol. The highest BCUT2D eigenvalue weighted by Gasteiger charge is 2.15. The van der Waals surface area contributed by atoms with Crippen LogP contribution in [0, 0.1) is 0 Å². The predicted octanol–water partition coefficient (Wildman–Crippen LogP) is 3.09. The Kier molecular flexibility index (Phi) is 8.71. The molecule has 28 heavy (non-hydrogen) atoms. The first kappa shape index (κ1) is 21.7. The number of anilines is 1. The fourth-order valence-corrected chi connectivity index (χ4v) is 2.71. The van der Waals surface area contributed by atoms with Crippen LogP contribution in [0.1, 0.15) is 24.1 Å². The molecule has 1 aromatic carbocycles. The van der Waals surface area contributed by atoms with Crippen LogP contribution in [0.2, 0.25) is 0 Å². The number of aromatic nitrogens is 1. The van der Waals surface area contributed by atoms with E-state index in [-0.39, 0.29) is 12.1 Å². The van der Waals surface area contributed by atoms with Gasteiger partial charge in [-0.05, 0) is 37.7 Å². The highest BCUT2D eigenvalue weighted by Crippen LogP contribution is 2.18. The average molecular weight is 386 g/mol. The zero-order valence-corrected chi connectivity index (χ0v) is 17.1. The van der Waals surface area contributed by atoms with Gasteiger partial charge in [0.1, 0.15) is 6.61 Å². The molecule has 0 aliphatic carbocycles. The largest absolute Gasteiger partial charge is 0.475 e. The molecular formula is C21H30N4O3. The van der Waals surface area contributed by atoms with Gasteiger partial charge >= 0.3 is 6.03 Å². The van der Waals surface area contributed by atoms with Gasteiger partial charge in [0.25, 0.3) is 0 Å². The zero-order valence-electron chi connectivity index (χ0n) is 17.1. The minimum atomic E-state index is -0.271. The van der Waals surface area contributed by atoms with Crippen molar-refractivity contribution in [1.82, 2.24) is 15.2 Å². The van der Waals surface area contributed by atoms with Gasteiger partial charge in [0.15, 0.2) is 0 Å². The number of hydrogen-bond acceptors (Lipinski definition) is 5. The van der Waals surface area contributed by atoms with Gasteiger partial charge in [0, 0.05) is 19.7 Å². The number of aryl methyl sites for hydroxylation is 1. The number of carbonyl (C=O) groups excluding carboxylic acids is 1. The SMILES string of the molecule is CCc1ccc(C(CNC(=O)Nc2ccc(OCCOC)nc2)N(C)C)cc1. The lowest BCUT2D eigenvalue weighted by atomic mass is 10.0. The van der Waals surface area contributed by atoms with Gasteiger partial charge in [-0.1, -0.05) is 31.2 Å². The Bertz CT molecular complexity index is 717. The van der Waals surface area contributed by atoms with Crippen molar-refractivity contribution < 1.29 is 14.3 Å². The van der Waals surface area contributed by atoms with Gasteiger partial charge in [-0.15, -0.1) is 0 Å². The molecule has 2 aromatic rings. The Morgan fingerprint density at radius 3 is 2.46 bits per heavy atom. The van der Waals surface area contributed by atoms with E-state index < -0.39 is 0 Å². The number of urea groups is 1. The number of carbonyl (C=O) groups is 1. The van der Waals surface area contributed by atoms with Gasteiger partial charge in [0.05, 0.1) is 24.5 Å². The van der Waals surface area contributed by atoms with E-state index in [0.29, 0.717) is 31.3 Å². The molecule has 0 radical (unpaired) electrons. The lowest BCUT2D eigenvalue weighted by Gasteiger charge is -2.25. The normalized spacial score (nSPS) is 11.9. The first-order chi connectivity index (χ1) is 13.5. The Balaban J connectivity index is 1.86. The molecule has 2 amide bonds. The number of amides is 2. The summed E-state index contributed by atoms with van der Waals surface area (Å²) in [6.45, 7) is 3.56. The minimum absolute atomic E-state index is 0.0892. The minimum Gasteiger partial charge on any atom is -0.475 e. The number of methoxy groups -OCH3 is 1. The zero-order chi connectivity index (χ0) is 20.4. The second-order valence-electron chi connectivity index (χ2n) is 6.64. The monoisotopic (exact) mass is 386 g/mol. The fraction of sp³-hybridized carbons (Fsp3) is 0.429. The second-order valence-corrected chi connectivity index (χ2v) is 6.64. The van der Waals surface area contributed by atoms with Crippen molar-refractivity contribution in [3.05, 3.63) is 53.7 Å². The smallest absolute Gasteiger partial charge is 0.319 e. The standard InChI is InChI=1S/C21H30N4O3/c1-5-16-6-8-17(9-7-16)19(25(2)3)15-23-21(26)24-18-10-11-20(22-14-18)28-13-12-27-4/h6-11,14,19H,5,12-13,15H2,1-4H3,(H2,23,24,26). The van der Waals surface area contributed by atoms with E-state index in [4.69, 9.17) is 9.47 Å². The molecule has 1 aromatic heterocycles. The molecule has 152 valence electrons. The van der Waals surface area contributed by atoms with Crippen molar-refractivity contribution in [3.8, 4) is 5.88 Å². The van der Waals surface area contributed by atoms with E-state index in [2.05, 4.69) is 51.7 Å². The maximum Gasteiger partial charge on any atom is 0.319 e. The number of benzene rings is 1. The molecule has 7 nitrogen and oxygen atoms in total. The number of hydrogen-bond donors (Lipinski definition) is 2. The first-order valence-electron chi connectivity index (χ1n) is 9.41. The molecule has 0 spiro atoms. The molecule has 2 N–H and O–H groups in total. The number of nitrogens with zero attached hydrogens (tertiary/aromatic N) is 2. The molecule has 0 saturated heterocycles. The quantitative estimate of drug-likeness (QED) is 0.614. The van der Waals surface area contributed by atoms with Crippen LogP contribution in [-0.4, -0.2) is 56.9 Å². The highest BCUT2D eigenvalue weighted by molar-refractivity contribution is 5.89. The number of ether oxygens (including phenoxy) is 2. The summed E-state index contributed by atoms with van der Waals surface area (Å²) in [5, 5.41) is 5.72. The molecule has 1 unspecified atom stereocenters. The molecule has 0 fully saturated rings. The number of pyridine rings is 1. The van der Waals surface area contributed by atoms with Gasteiger partial charge in [-0.25, -0.2) is 9.78 Å². The third-order valence-electron chi connectivity index (χ3n) is 4.38. The van der Waals surface area contributed by atoms with Crippen LogP contribution in [-0.2, 0) is 11.2 Å². The summed E-state index contributed by atoms with van der Waals surface area (Å²) in [5.41, 5.74) is 3.07. The second kappa shape index (κ2) is 11.3. The van der Waals surface area contributed by atoms with Crippen LogP contribution in [0.3, 0.4) is 0 Å². The van der Waals surface area contributed by atoms with E-state index in [9.17, 15) is 4.79 Å². The van der Waals surface area contributed by atoms with Crippen molar-refractivity contribution in [1.29, 1.82) is 0 Å². The van der Waals surface area contributed by atoms with Crippen molar-refractivity contribution in [2.24, 2.45) is 0 Å². The van der Waals surface area contributed by atoms with E-state index in [1.54, 1.807) is 25.4 Å². The summed E-state index contributed by atoms with van der Waals surface area (Å²) < 4.78 is 10.3.